The summed E-state index contributed by atoms with van der Waals surface area (Å²) in [6.07, 6.45) is 0. The molecule has 0 amide bonds. The SMILES string of the molecule is Cc1ccc(C)c(Oc2c(F)cccc2CCl)c1. The van der Waals surface area contributed by atoms with Crippen LogP contribution in [0.2, 0.25) is 0 Å². The lowest BCUT2D eigenvalue weighted by Crippen LogP contribution is -1.95. The van der Waals surface area contributed by atoms with E-state index in [2.05, 4.69) is 0 Å². The van der Waals surface area contributed by atoms with Gasteiger partial charge in [-0.2, -0.15) is 0 Å². The third-order valence-corrected chi connectivity index (χ3v) is 3.04. The van der Waals surface area contributed by atoms with Crippen LogP contribution < -0.4 is 4.74 Å². The minimum atomic E-state index is -0.394. The van der Waals surface area contributed by atoms with E-state index in [-0.39, 0.29) is 11.6 Å². The number of ether oxygens (including phenoxy) is 1. The quantitative estimate of drug-likeness (QED) is 0.711. The molecule has 1 nitrogen and oxygen atoms in total. The van der Waals surface area contributed by atoms with Crippen molar-refractivity contribution in [2.75, 3.05) is 0 Å². The lowest BCUT2D eigenvalue weighted by Gasteiger charge is -2.13. The Morgan fingerprint density at radius 3 is 2.67 bits per heavy atom. The average Bonchev–Trinajstić information content (AvgIpc) is 2.36. The van der Waals surface area contributed by atoms with E-state index in [9.17, 15) is 4.39 Å². The Kier molecular flexibility index (Phi) is 3.87. The van der Waals surface area contributed by atoms with Crippen LogP contribution in [0.5, 0.6) is 11.5 Å². The summed E-state index contributed by atoms with van der Waals surface area (Å²) in [7, 11) is 0. The Bertz CT molecular complexity index is 566. The predicted molar refractivity (Wildman–Crippen MR) is 71.9 cm³/mol. The maximum absolute atomic E-state index is 13.8. The van der Waals surface area contributed by atoms with E-state index in [1.165, 1.54) is 6.07 Å². The molecule has 2 aromatic carbocycles. The van der Waals surface area contributed by atoms with Crippen LogP contribution in [0.25, 0.3) is 0 Å². The monoisotopic (exact) mass is 264 g/mol. The van der Waals surface area contributed by atoms with Crippen molar-refractivity contribution >= 4 is 11.6 Å². The molecule has 0 aliphatic carbocycles. The fourth-order valence-electron chi connectivity index (χ4n) is 1.70. The molecule has 2 aromatic rings. The molecule has 0 fully saturated rings. The molecule has 2 rings (SSSR count). The number of para-hydroxylation sites is 1. The molecular formula is C15H14ClFO. The van der Waals surface area contributed by atoms with E-state index in [1.54, 1.807) is 12.1 Å². The van der Waals surface area contributed by atoms with Crippen LogP contribution in [-0.2, 0) is 5.88 Å². The van der Waals surface area contributed by atoms with Crippen molar-refractivity contribution in [1.29, 1.82) is 0 Å². The van der Waals surface area contributed by atoms with E-state index in [0.29, 0.717) is 11.3 Å². The number of hydrogen-bond donors (Lipinski definition) is 0. The van der Waals surface area contributed by atoms with Gasteiger partial charge in [0.2, 0.25) is 0 Å². The van der Waals surface area contributed by atoms with Gasteiger partial charge in [-0.15, -0.1) is 11.6 Å². The first-order chi connectivity index (χ1) is 8.61. The summed E-state index contributed by atoms with van der Waals surface area (Å²) in [4.78, 5) is 0. The van der Waals surface area contributed by atoms with Gasteiger partial charge in [0, 0.05) is 5.56 Å². The van der Waals surface area contributed by atoms with Crippen molar-refractivity contribution in [2.45, 2.75) is 19.7 Å². The summed E-state index contributed by atoms with van der Waals surface area (Å²) in [5, 5.41) is 0. The number of benzene rings is 2. The van der Waals surface area contributed by atoms with E-state index in [1.807, 2.05) is 32.0 Å². The summed E-state index contributed by atoms with van der Waals surface area (Å²) in [6, 6.07) is 10.6. The van der Waals surface area contributed by atoms with Crippen molar-refractivity contribution in [3.05, 3.63) is 58.9 Å². The topological polar surface area (TPSA) is 9.23 Å². The molecule has 0 aliphatic heterocycles. The zero-order valence-electron chi connectivity index (χ0n) is 10.3. The normalized spacial score (nSPS) is 10.4. The Morgan fingerprint density at radius 2 is 1.94 bits per heavy atom. The molecule has 0 atom stereocenters. The highest BCUT2D eigenvalue weighted by Gasteiger charge is 2.11. The van der Waals surface area contributed by atoms with Gasteiger partial charge in [-0.25, -0.2) is 4.39 Å². The van der Waals surface area contributed by atoms with Crippen LogP contribution in [-0.4, -0.2) is 0 Å². The largest absolute Gasteiger partial charge is 0.454 e. The number of hydrogen-bond acceptors (Lipinski definition) is 1. The molecule has 0 saturated heterocycles. The molecule has 18 heavy (non-hydrogen) atoms. The lowest BCUT2D eigenvalue weighted by atomic mass is 10.1. The highest BCUT2D eigenvalue weighted by atomic mass is 35.5. The van der Waals surface area contributed by atoms with E-state index in [4.69, 9.17) is 16.3 Å². The van der Waals surface area contributed by atoms with Gasteiger partial charge in [0.1, 0.15) is 5.75 Å². The third-order valence-electron chi connectivity index (χ3n) is 2.75. The second kappa shape index (κ2) is 5.40. The van der Waals surface area contributed by atoms with Gasteiger partial charge in [-0.1, -0.05) is 24.3 Å². The van der Waals surface area contributed by atoms with Gasteiger partial charge in [-0.05, 0) is 37.1 Å². The van der Waals surface area contributed by atoms with Gasteiger partial charge in [0.05, 0.1) is 5.88 Å². The van der Waals surface area contributed by atoms with Crippen molar-refractivity contribution in [2.24, 2.45) is 0 Å². The van der Waals surface area contributed by atoms with Crippen LogP contribution in [0.3, 0.4) is 0 Å². The third kappa shape index (κ3) is 2.65. The van der Waals surface area contributed by atoms with E-state index in [0.717, 1.165) is 11.1 Å². The molecule has 3 heteroatoms. The van der Waals surface area contributed by atoms with Gasteiger partial charge >= 0.3 is 0 Å². The smallest absolute Gasteiger partial charge is 0.167 e. The van der Waals surface area contributed by atoms with Crippen molar-refractivity contribution < 1.29 is 9.13 Å². The van der Waals surface area contributed by atoms with Crippen LogP contribution >= 0.6 is 11.6 Å². The molecule has 0 radical (unpaired) electrons. The van der Waals surface area contributed by atoms with Gasteiger partial charge < -0.3 is 4.74 Å². The van der Waals surface area contributed by atoms with E-state index < -0.39 is 5.82 Å². The van der Waals surface area contributed by atoms with Crippen molar-refractivity contribution in [3.63, 3.8) is 0 Å². The molecule has 0 aliphatic rings. The Morgan fingerprint density at radius 1 is 1.17 bits per heavy atom. The number of aryl methyl sites for hydroxylation is 2. The molecule has 0 spiro atoms. The number of halogens is 2. The second-order valence-corrected chi connectivity index (χ2v) is 4.50. The Hall–Kier alpha value is -1.54. The van der Waals surface area contributed by atoms with Crippen LogP contribution in [0.4, 0.5) is 4.39 Å². The number of rotatable bonds is 3. The summed E-state index contributed by atoms with van der Waals surface area (Å²) in [5.41, 5.74) is 2.68. The summed E-state index contributed by atoms with van der Waals surface area (Å²) >= 11 is 5.79. The highest BCUT2D eigenvalue weighted by molar-refractivity contribution is 6.17. The summed E-state index contributed by atoms with van der Waals surface area (Å²) < 4.78 is 19.5. The summed E-state index contributed by atoms with van der Waals surface area (Å²) in [6.45, 7) is 3.89. The average molecular weight is 265 g/mol. The molecule has 0 unspecified atom stereocenters. The first-order valence-corrected chi connectivity index (χ1v) is 6.23. The second-order valence-electron chi connectivity index (χ2n) is 4.23. The molecule has 0 aromatic heterocycles. The first kappa shape index (κ1) is 12.9. The highest BCUT2D eigenvalue weighted by Crippen LogP contribution is 2.31. The van der Waals surface area contributed by atoms with Gasteiger partial charge in [0.15, 0.2) is 11.6 Å². The van der Waals surface area contributed by atoms with Gasteiger partial charge in [0.25, 0.3) is 0 Å². The molecule has 0 N–H and O–H groups in total. The minimum Gasteiger partial charge on any atom is -0.454 e. The maximum atomic E-state index is 13.8. The summed E-state index contributed by atoms with van der Waals surface area (Å²) in [5.74, 6) is 0.694. The molecular weight excluding hydrogens is 251 g/mol. The Labute approximate surface area is 111 Å². The van der Waals surface area contributed by atoms with Crippen LogP contribution in [0.15, 0.2) is 36.4 Å². The van der Waals surface area contributed by atoms with Crippen molar-refractivity contribution in [3.8, 4) is 11.5 Å². The predicted octanol–water partition coefficient (Wildman–Crippen LogP) is 4.97. The fourth-order valence-corrected chi connectivity index (χ4v) is 1.91. The minimum absolute atomic E-state index is 0.209. The van der Waals surface area contributed by atoms with E-state index >= 15 is 0 Å². The standard InChI is InChI=1S/C15H14ClFO/c1-10-6-7-11(2)14(8-10)18-15-12(9-16)4-3-5-13(15)17/h3-8H,9H2,1-2H3. The van der Waals surface area contributed by atoms with Gasteiger partial charge in [-0.3, -0.25) is 0 Å². The molecule has 0 heterocycles. The lowest BCUT2D eigenvalue weighted by molar-refractivity contribution is 0.435. The first-order valence-electron chi connectivity index (χ1n) is 5.70. The van der Waals surface area contributed by atoms with Crippen LogP contribution in [0, 0.1) is 19.7 Å². The maximum Gasteiger partial charge on any atom is 0.167 e. The van der Waals surface area contributed by atoms with Crippen molar-refractivity contribution in [1.82, 2.24) is 0 Å². The molecule has 0 bridgehead atoms. The molecule has 0 saturated carbocycles. The fraction of sp³-hybridized carbons (Fsp3) is 0.200. The van der Waals surface area contributed by atoms with Crippen LogP contribution in [0.1, 0.15) is 16.7 Å². The molecule has 94 valence electrons. The number of alkyl halides is 1. The Balaban J connectivity index is 2.42. The zero-order chi connectivity index (χ0) is 13.1. The zero-order valence-corrected chi connectivity index (χ0v) is 11.1.